The molecule has 3 heterocycles. The van der Waals surface area contributed by atoms with Crippen LogP contribution in [0, 0.1) is 0 Å². The number of pyridine rings is 1. The highest BCUT2D eigenvalue weighted by Gasteiger charge is 2.24. The van der Waals surface area contributed by atoms with E-state index < -0.39 is 0 Å². The van der Waals surface area contributed by atoms with Gasteiger partial charge in [0.2, 0.25) is 0 Å². The van der Waals surface area contributed by atoms with E-state index in [4.69, 9.17) is 0 Å². The molecule has 3 aromatic rings. The third-order valence-electron chi connectivity index (χ3n) is 4.79. The maximum atomic E-state index is 12.7. The molecule has 1 N–H and O–H groups in total. The van der Waals surface area contributed by atoms with Crippen molar-refractivity contribution < 1.29 is 4.79 Å². The molecule has 1 fully saturated rings. The standard InChI is InChI=1S/C19H19BrN6O2/c1-24-16-15(7-4-8-21-16)22-17(18(24)27)25-9-11-26(12-10-25)19(28)23-14-6-3-2-5-13(14)20/h2-8H,9-12H2,1H3,(H,23,28). The van der Waals surface area contributed by atoms with Gasteiger partial charge in [-0.1, -0.05) is 12.1 Å². The smallest absolute Gasteiger partial charge is 0.321 e. The summed E-state index contributed by atoms with van der Waals surface area (Å²) in [7, 11) is 1.70. The second kappa shape index (κ2) is 7.59. The highest BCUT2D eigenvalue weighted by atomic mass is 79.9. The van der Waals surface area contributed by atoms with E-state index in [1.54, 1.807) is 24.2 Å². The van der Waals surface area contributed by atoms with Crippen molar-refractivity contribution in [3.05, 3.63) is 57.4 Å². The number of carbonyl (C=O) groups is 1. The second-order valence-electron chi connectivity index (χ2n) is 6.53. The number of nitrogens with zero attached hydrogens (tertiary/aromatic N) is 5. The SMILES string of the molecule is Cn1c(=O)c(N2CCN(C(=O)Nc3ccccc3Br)CC2)nc2cccnc21. The summed E-state index contributed by atoms with van der Waals surface area (Å²) >= 11 is 3.43. The maximum absolute atomic E-state index is 12.7. The van der Waals surface area contributed by atoms with Crippen molar-refractivity contribution in [2.24, 2.45) is 7.05 Å². The summed E-state index contributed by atoms with van der Waals surface area (Å²) in [6, 6.07) is 11.0. The van der Waals surface area contributed by atoms with E-state index in [2.05, 4.69) is 31.2 Å². The third kappa shape index (κ3) is 3.45. The first kappa shape index (κ1) is 18.4. The van der Waals surface area contributed by atoms with Gasteiger partial charge in [0.15, 0.2) is 11.5 Å². The fraction of sp³-hybridized carbons (Fsp3) is 0.263. The minimum absolute atomic E-state index is 0.157. The number of amides is 2. The van der Waals surface area contributed by atoms with Crippen LogP contribution < -0.4 is 15.8 Å². The normalized spacial score (nSPS) is 14.4. The Morgan fingerprint density at radius 1 is 1.11 bits per heavy atom. The van der Waals surface area contributed by atoms with Crippen LogP contribution in [-0.4, -0.2) is 51.6 Å². The molecule has 2 amide bonds. The van der Waals surface area contributed by atoms with Gasteiger partial charge in [0.1, 0.15) is 5.52 Å². The number of aryl methyl sites for hydroxylation is 1. The molecule has 1 saturated heterocycles. The van der Waals surface area contributed by atoms with Crippen molar-refractivity contribution in [1.82, 2.24) is 19.4 Å². The average molecular weight is 443 g/mol. The molecule has 0 atom stereocenters. The molecule has 2 aromatic heterocycles. The summed E-state index contributed by atoms with van der Waals surface area (Å²) in [6.45, 7) is 2.09. The summed E-state index contributed by atoms with van der Waals surface area (Å²) in [4.78, 5) is 37.6. The first-order chi connectivity index (χ1) is 13.5. The molecule has 0 spiro atoms. The lowest BCUT2D eigenvalue weighted by Gasteiger charge is -2.35. The molecule has 28 heavy (non-hydrogen) atoms. The van der Waals surface area contributed by atoms with Crippen LogP contribution in [0.1, 0.15) is 0 Å². The maximum Gasteiger partial charge on any atom is 0.321 e. The molecule has 8 nitrogen and oxygen atoms in total. The lowest BCUT2D eigenvalue weighted by molar-refractivity contribution is 0.208. The zero-order chi connectivity index (χ0) is 19.7. The predicted molar refractivity (Wildman–Crippen MR) is 112 cm³/mol. The zero-order valence-electron chi connectivity index (χ0n) is 15.3. The van der Waals surface area contributed by atoms with Crippen molar-refractivity contribution in [2.75, 3.05) is 36.4 Å². The van der Waals surface area contributed by atoms with Crippen LogP contribution in [-0.2, 0) is 7.05 Å². The van der Waals surface area contributed by atoms with E-state index in [0.717, 1.165) is 10.2 Å². The Labute approximate surface area is 169 Å². The average Bonchev–Trinajstić information content (AvgIpc) is 2.72. The number of urea groups is 1. The van der Waals surface area contributed by atoms with Gasteiger partial charge in [0.25, 0.3) is 5.56 Å². The van der Waals surface area contributed by atoms with Crippen LogP contribution in [0.5, 0.6) is 0 Å². The minimum Gasteiger partial charge on any atom is -0.348 e. The first-order valence-corrected chi connectivity index (χ1v) is 9.71. The molecule has 0 saturated carbocycles. The number of nitrogens with one attached hydrogen (secondary N) is 1. The van der Waals surface area contributed by atoms with Gasteiger partial charge in [0, 0.05) is 43.9 Å². The third-order valence-corrected chi connectivity index (χ3v) is 5.48. The monoisotopic (exact) mass is 442 g/mol. The summed E-state index contributed by atoms with van der Waals surface area (Å²) in [5, 5.41) is 2.91. The number of aromatic nitrogens is 3. The van der Waals surface area contributed by atoms with Crippen molar-refractivity contribution >= 4 is 44.6 Å². The van der Waals surface area contributed by atoms with Gasteiger partial charge in [-0.05, 0) is 40.2 Å². The van der Waals surface area contributed by atoms with Gasteiger partial charge < -0.3 is 15.1 Å². The molecule has 0 bridgehead atoms. The summed E-state index contributed by atoms with van der Waals surface area (Å²) in [6.07, 6.45) is 1.64. The summed E-state index contributed by atoms with van der Waals surface area (Å²) < 4.78 is 2.35. The van der Waals surface area contributed by atoms with Crippen molar-refractivity contribution in [2.45, 2.75) is 0 Å². The van der Waals surface area contributed by atoms with Crippen molar-refractivity contribution in [1.29, 1.82) is 0 Å². The number of benzene rings is 1. The van der Waals surface area contributed by atoms with E-state index in [-0.39, 0.29) is 11.6 Å². The molecular weight excluding hydrogens is 424 g/mol. The number of halogens is 1. The summed E-state index contributed by atoms with van der Waals surface area (Å²) in [5.41, 5.74) is 1.78. The van der Waals surface area contributed by atoms with E-state index in [0.29, 0.717) is 43.2 Å². The Morgan fingerprint density at radius 2 is 1.86 bits per heavy atom. The second-order valence-corrected chi connectivity index (χ2v) is 7.38. The molecule has 0 radical (unpaired) electrons. The largest absolute Gasteiger partial charge is 0.348 e. The lowest BCUT2D eigenvalue weighted by Crippen LogP contribution is -2.51. The van der Waals surface area contributed by atoms with Crippen molar-refractivity contribution in [3.63, 3.8) is 0 Å². The fourth-order valence-corrected chi connectivity index (χ4v) is 3.61. The Morgan fingerprint density at radius 3 is 2.61 bits per heavy atom. The number of piperazine rings is 1. The fourth-order valence-electron chi connectivity index (χ4n) is 3.23. The number of para-hydroxylation sites is 1. The number of fused-ring (bicyclic) bond motifs is 1. The molecule has 0 unspecified atom stereocenters. The summed E-state index contributed by atoms with van der Waals surface area (Å²) in [5.74, 6) is 0.397. The first-order valence-electron chi connectivity index (χ1n) is 8.92. The Hall–Kier alpha value is -2.94. The van der Waals surface area contributed by atoms with Crippen LogP contribution in [0.15, 0.2) is 51.9 Å². The number of anilines is 2. The quantitative estimate of drug-likeness (QED) is 0.658. The topological polar surface area (TPSA) is 83.4 Å². The van der Waals surface area contributed by atoms with E-state index in [1.165, 1.54) is 4.57 Å². The molecular formula is C19H19BrN6O2. The molecule has 4 rings (SSSR count). The Balaban J connectivity index is 1.48. The van der Waals surface area contributed by atoms with Gasteiger partial charge in [-0.15, -0.1) is 0 Å². The van der Waals surface area contributed by atoms with Crippen LogP contribution in [0.2, 0.25) is 0 Å². The van der Waals surface area contributed by atoms with Gasteiger partial charge in [-0.2, -0.15) is 0 Å². The van der Waals surface area contributed by atoms with Gasteiger partial charge in [0.05, 0.1) is 5.69 Å². The molecule has 1 aliphatic heterocycles. The van der Waals surface area contributed by atoms with E-state index in [1.807, 2.05) is 35.2 Å². The Kier molecular flexibility index (Phi) is 4.99. The molecule has 9 heteroatoms. The van der Waals surface area contributed by atoms with Gasteiger partial charge >= 0.3 is 6.03 Å². The van der Waals surface area contributed by atoms with Gasteiger partial charge in [-0.25, -0.2) is 14.8 Å². The van der Waals surface area contributed by atoms with Gasteiger partial charge in [-0.3, -0.25) is 9.36 Å². The Bertz CT molecular complexity index is 1090. The van der Waals surface area contributed by atoms with Crippen molar-refractivity contribution in [3.8, 4) is 0 Å². The molecule has 1 aliphatic rings. The molecule has 144 valence electrons. The number of carbonyl (C=O) groups excluding carboxylic acids is 1. The van der Waals surface area contributed by atoms with Crippen LogP contribution in [0.25, 0.3) is 11.2 Å². The minimum atomic E-state index is -0.183. The molecule has 0 aliphatic carbocycles. The lowest BCUT2D eigenvalue weighted by atomic mass is 10.3. The predicted octanol–water partition coefficient (Wildman–Crippen LogP) is 2.45. The number of hydrogen-bond acceptors (Lipinski definition) is 5. The van der Waals surface area contributed by atoms with E-state index >= 15 is 0 Å². The highest BCUT2D eigenvalue weighted by molar-refractivity contribution is 9.10. The zero-order valence-corrected chi connectivity index (χ0v) is 16.9. The highest BCUT2D eigenvalue weighted by Crippen LogP contribution is 2.22. The number of rotatable bonds is 2. The van der Waals surface area contributed by atoms with Crippen LogP contribution >= 0.6 is 15.9 Å². The molecule has 1 aromatic carbocycles. The van der Waals surface area contributed by atoms with Crippen LogP contribution in [0.3, 0.4) is 0 Å². The van der Waals surface area contributed by atoms with E-state index in [9.17, 15) is 9.59 Å². The number of hydrogen-bond donors (Lipinski definition) is 1. The van der Waals surface area contributed by atoms with Crippen LogP contribution in [0.4, 0.5) is 16.3 Å².